The van der Waals surface area contributed by atoms with E-state index in [9.17, 15) is 23.4 Å². The van der Waals surface area contributed by atoms with Gasteiger partial charge in [-0.1, -0.05) is 44.2 Å². The molecular formula is C26H32N4O6S. The number of nitrogens with zero attached hydrogens (tertiary/aromatic N) is 3. The molecule has 2 aromatic carbocycles. The maximum atomic E-state index is 13.4. The predicted octanol–water partition coefficient (Wildman–Crippen LogP) is 2.73. The lowest BCUT2D eigenvalue weighted by atomic mass is 10.0. The van der Waals surface area contributed by atoms with Crippen molar-refractivity contribution in [1.29, 1.82) is 0 Å². The molecule has 0 aliphatic carbocycles. The third-order valence-electron chi connectivity index (χ3n) is 5.48. The molecule has 0 saturated carbocycles. The predicted molar refractivity (Wildman–Crippen MR) is 137 cm³/mol. The summed E-state index contributed by atoms with van der Waals surface area (Å²) in [5, 5.41) is 23.4. The average molecular weight is 529 g/mol. The Morgan fingerprint density at radius 2 is 1.65 bits per heavy atom. The van der Waals surface area contributed by atoms with Crippen molar-refractivity contribution >= 4 is 16.1 Å². The van der Waals surface area contributed by atoms with E-state index in [-0.39, 0.29) is 42.7 Å². The van der Waals surface area contributed by atoms with Crippen molar-refractivity contribution < 1.29 is 28.2 Å². The Morgan fingerprint density at radius 1 is 1.00 bits per heavy atom. The van der Waals surface area contributed by atoms with Crippen LogP contribution in [0.2, 0.25) is 0 Å². The van der Waals surface area contributed by atoms with Crippen molar-refractivity contribution in [2.75, 3.05) is 13.1 Å². The fraction of sp³-hybridized carbons (Fsp3) is 0.346. The molecule has 1 aromatic heterocycles. The average Bonchev–Trinajstić information content (AvgIpc) is 2.88. The van der Waals surface area contributed by atoms with Crippen molar-refractivity contribution in [1.82, 2.24) is 19.6 Å². The van der Waals surface area contributed by atoms with Crippen LogP contribution in [-0.4, -0.2) is 64.2 Å². The van der Waals surface area contributed by atoms with Crippen LogP contribution in [0.25, 0.3) is 0 Å². The summed E-state index contributed by atoms with van der Waals surface area (Å²) in [5.41, 5.74) is 1.45. The first-order chi connectivity index (χ1) is 17.6. The molecule has 0 bridgehead atoms. The van der Waals surface area contributed by atoms with Crippen molar-refractivity contribution in [2.45, 2.75) is 43.9 Å². The number of benzene rings is 2. The molecular weight excluding hydrogens is 496 g/mol. The maximum Gasteiger partial charge on any atom is 0.407 e. The van der Waals surface area contributed by atoms with Crippen molar-refractivity contribution in [3.63, 3.8) is 0 Å². The zero-order chi connectivity index (χ0) is 26.8. The number of alkyl carbamates (subject to hydrolysis) is 1. The van der Waals surface area contributed by atoms with Crippen LogP contribution in [0.3, 0.4) is 0 Å². The SMILES string of the molecule is CC(C)CN(C[C@@H](O)[C@H](Cc1ccccc1)NC(=O)OCc1cncnc1)S(=O)(=O)c1ccc(O)cc1. The van der Waals surface area contributed by atoms with E-state index in [1.807, 2.05) is 44.2 Å². The zero-order valence-electron chi connectivity index (χ0n) is 20.8. The highest BCUT2D eigenvalue weighted by Gasteiger charge is 2.31. The molecule has 0 spiro atoms. The lowest BCUT2D eigenvalue weighted by molar-refractivity contribution is 0.0872. The highest BCUT2D eigenvalue weighted by atomic mass is 32.2. The second kappa shape index (κ2) is 13.1. The van der Waals surface area contributed by atoms with E-state index in [1.54, 1.807) is 0 Å². The molecule has 0 saturated heterocycles. The molecule has 0 fully saturated rings. The number of amides is 1. The zero-order valence-corrected chi connectivity index (χ0v) is 21.6. The van der Waals surface area contributed by atoms with E-state index >= 15 is 0 Å². The van der Waals surface area contributed by atoms with Crippen LogP contribution in [0.1, 0.15) is 25.0 Å². The van der Waals surface area contributed by atoms with Crippen LogP contribution in [0.5, 0.6) is 5.75 Å². The Kier molecular flexibility index (Phi) is 9.95. The van der Waals surface area contributed by atoms with Gasteiger partial charge in [0.25, 0.3) is 0 Å². The number of sulfonamides is 1. The number of nitrogens with one attached hydrogen (secondary N) is 1. The third kappa shape index (κ3) is 8.52. The van der Waals surface area contributed by atoms with Gasteiger partial charge >= 0.3 is 6.09 Å². The van der Waals surface area contributed by atoms with Gasteiger partial charge in [0, 0.05) is 31.0 Å². The number of aliphatic hydroxyl groups is 1. The number of ether oxygens (including phenoxy) is 1. The van der Waals surface area contributed by atoms with Gasteiger partial charge in [-0.15, -0.1) is 0 Å². The van der Waals surface area contributed by atoms with Crippen LogP contribution < -0.4 is 5.32 Å². The summed E-state index contributed by atoms with van der Waals surface area (Å²) in [7, 11) is -3.98. The molecule has 0 radical (unpaired) electrons. The summed E-state index contributed by atoms with van der Waals surface area (Å²) in [4.78, 5) is 20.3. The molecule has 3 N–H and O–H groups in total. The van der Waals surface area contributed by atoms with Crippen LogP contribution in [0.4, 0.5) is 4.79 Å². The number of rotatable bonds is 12. The van der Waals surface area contributed by atoms with Gasteiger partial charge in [0.2, 0.25) is 10.0 Å². The molecule has 11 heteroatoms. The number of phenolic OH excluding ortho intramolecular Hbond substituents is 1. The summed E-state index contributed by atoms with van der Waals surface area (Å²) >= 11 is 0. The summed E-state index contributed by atoms with van der Waals surface area (Å²) in [6.07, 6.45) is 2.65. The van der Waals surface area contributed by atoms with E-state index in [1.165, 1.54) is 47.3 Å². The molecule has 2 atom stereocenters. The minimum Gasteiger partial charge on any atom is -0.508 e. The normalized spacial score (nSPS) is 13.3. The Labute approximate surface area is 217 Å². The van der Waals surface area contributed by atoms with Gasteiger partial charge in [0.15, 0.2) is 0 Å². The topological polar surface area (TPSA) is 142 Å². The fourth-order valence-corrected chi connectivity index (χ4v) is 5.30. The number of aromatic nitrogens is 2. The fourth-order valence-electron chi connectivity index (χ4n) is 3.68. The van der Waals surface area contributed by atoms with Crippen LogP contribution in [-0.2, 0) is 27.8 Å². The van der Waals surface area contributed by atoms with Gasteiger partial charge in [-0.2, -0.15) is 4.31 Å². The number of aliphatic hydroxyl groups excluding tert-OH is 1. The molecule has 1 amide bonds. The van der Waals surface area contributed by atoms with Gasteiger partial charge in [-0.05, 0) is 42.2 Å². The molecule has 198 valence electrons. The van der Waals surface area contributed by atoms with Crippen LogP contribution in [0, 0.1) is 5.92 Å². The first-order valence-electron chi connectivity index (χ1n) is 11.8. The number of phenols is 1. The first-order valence-corrected chi connectivity index (χ1v) is 13.3. The molecule has 3 rings (SSSR count). The number of aromatic hydroxyl groups is 1. The smallest absolute Gasteiger partial charge is 0.407 e. The lowest BCUT2D eigenvalue weighted by Gasteiger charge is -2.30. The van der Waals surface area contributed by atoms with E-state index in [4.69, 9.17) is 4.74 Å². The van der Waals surface area contributed by atoms with E-state index in [0.29, 0.717) is 5.56 Å². The molecule has 0 aliphatic heterocycles. The number of carbonyl (C=O) groups is 1. The van der Waals surface area contributed by atoms with E-state index in [0.717, 1.165) is 5.56 Å². The first kappa shape index (κ1) is 28.0. The van der Waals surface area contributed by atoms with Gasteiger partial charge in [0.05, 0.1) is 17.0 Å². The number of hydrogen-bond acceptors (Lipinski definition) is 8. The summed E-state index contributed by atoms with van der Waals surface area (Å²) in [6, 6.07) is 13.6. The van der Waals surface area contributed by atoms with Crippen LogP contribution in [0.15, 0.2) is 78.2 Å². The highest BCUT2D eigenvalue weighted by Crippen LogP contribution is 2.21. The summed E-state index contributed by atoms with van der Waals surface area (Å²) in [5.74, 6) is -0.0835. The molecule has 37 heavy (non-hydrogen) atoms. The molecule has 3 aromatic rings. The Balaban J connectivity index is 1.79. The number of carbonyl (C=O) groups excluding carboxylic acids is 1. The van der Waals surface area contributed by atoms with Gasteiger partial charge in [-0.3, -0.25) is 0 Å². The summed E-state index contributed by atoms with van der Waals surface area (Å²) < 4.78 is 33.2. The third-order valence-corrected chi connectivity index (χ3v) is 7.33. The quantitative estimate of drug-likeness (QED) is 0.326. The Bertz CT molecular complexity index is 1220. The minimum absolute atomic E-state index is 0.00444. The lowest BCUT2D eigenvalue weighted by Crippen LogP contribution is -2.51. The van der Waals surface area contributed by atoms with Crippen molar-refractivity contribution in [3.8, 4) is 5.75 Å². The molecule has 10 nitrogen and oxygen atoms in total. The number of hydrogen-bond donors (Lipinski definition) is 3. The standard InChI is InChI=1S/C26H32N4O6S/c1-19(2)15-30(37(34,35)23-10-8-22(31)9-11-23)16-25(32)24(12-20-6-4-3-5-7-20)29-26(33)36-17-21-13-27-18-28-14-21/h3-11,13-14,18-19,24-25,31-32H,12,15-17H2,1-2H3,(H,29,33)/t24-,25+/m0/s1. The minimum atomic E-state index is -3.98. The molecule has 1 heterocycles. The Morgan fingerprint density at radius 3 is 2.27 bits per heavy atom. The maximum absolute atomic E-state index is 13.4. The monoisotopic (exact) mass is 528 g/mol. The molecule has 0 aliphatic rings. The van der Waals surface area contributed by atoms with Crippen molar-refractivity contribution in [2.24, 2.45) is 5.92 Å². The van der Waals surface area contributed by atoms with Crippen molar-refractivity contribution in [3.05, 3.63) is 84.4 Å². The van der Waals surface area contributed by atoms with Gasteiger partial charge < -0.3 is 20.3 Å². The van der Waals surface area contributed by atoms with Gasteiger partial charge in [0.1, 0.15) is 18.7 Å². The highest BCUT2D eigenvalue weighted by molar-refractivity contribution is 7.89. The second-order valence-corrected chi connectivity index (χ2v) is 11.0. The largest absolute Gasteiger partial charge is 0.508 e. The Hall–Kier alpha value is -3.54. The summed E-state index contributed by atoms with van der Waals surface area (Å²) in [6.45, 7) is 3.57. The van der Waals surface area contributed by atoms with Gasteiger partial charge in [-0.25, -0.2) is 23.2 Å². The molecule has 0 unspecified atom stereocenters. The van der Waals surface area contributed by atoms with E-state index < -0.39 is 28.3 Å². The van der Waals surface area contributed by atoms with E-state index in [2.05, 4.69) is 15.3 Å². The second-order valence-electron chi connectivity index (χ2n) is 9.04. The van der Waals surface area contributed by atoms with Crippen LogP contribution >= 0.6 is 0 Å².